The third-order valence-corrected chi connectivity index (χ3v) is 3.64. The number of piperidine rings is 1. The number of aromatic nitrogens is 1. The summed E-state index contributed by atoms with van der Waals surface area (Å²) in [6.45, 7) is 7.96. The van der Waals surface area contributed by atoms with Crippen LogP contribution < -0.4 is 0 Å². The van der Waals surface area contributed by atoms with Crippen molar-refractivity contribution in [2.75, 3.05) is 13.1 Å². The van der Waals surface area contributed by atoms with Crippen molar-refractivity contribution in [1.29, 1.82) is 0 Å². The van der Waals surface area contributed by atoms with Crippen LogP contribution >= 0.6 is 0 Å². The Balaban J connectivity index is 1.87. The number of rotatable bonds is 3. The third-order valence-electron chi connectivity index (χ3n) is 3.64. The molecule has 1 aromatic heterocycles. The summed E-state index contributed by atoms with van der Waals surface area (Å²) in [4.78, 5) is 6.97. The van der Waals surface area contributed by atoms with E-state index in [-0.39, 0.29) is 0 Å². The molecular weight excluding hydrogens is 196 g/mol. The fraction of sp³-hybridized carbons (Fsp3) is 0.643. The van der Waals surface area contributed by atoms with E-state index in [4.69, 9.17) is 0 Å². The molecule has 2 heterocycles. The van der Waals surface area contributed by atoms with Gasteiger partial charge in [0.25, 0.3) is 0 Å². The van der Waals surface area contributed by atoms with Crippen LogP contribution in [-0.2, 0) is 6.54 Å². The van der Waals surface area contributed by atoms with Gasteiger partial charge in [-0.1, -0.05) is 13.3 Å². The second-order valence-electron chi connectivity index (χ2n) is 4.95. The van der Waals surface area contributed by atoms with Crippen molar-refractivity contribution in [3.63, 3.8) is 0 Å². The van der Waals surface area contributed by atoms with E-state index >= 15 is 0 Å². The molecule has 2 heteroatoms. The Morgan fingerprint density at radius 1 is 1.38 bits per heavy atom. The van der Waals surface area contributed by atoms with Crippen LogP contribution in [0.3, 0.4) is 0 Å². The predicted molar refractivity (Wildman–Crippen MR) is 67.3 cm³/mol. The Bertz CT molecular complexity index is 327. The van der Waals surface area contributed by atoms with E-state index in [1.165, 1.54) is 43.6 Å². The number of pyridine rings is 1. The fourth-order valence-electron chi connectivity index (χ4n) is 2.47. The van der Waals surface area contributed by atoms with Gasteiger partial charge in [-0.05, 0) is 56.5 Å². The zero-order valence-corrected chi connectivity index (χ0v) is 10.4. The number of nitrogens with zero attached hydrogens (tertiary/aromatic N) is 2. The van der Waals surface area contributed by atoms with Crippen LogP contribution in [0.1, 0.15) is 37.4 Å². The van der Waals surface area contributed by atoms with E-state index in [1.807, 2.05) is 6.20 Å². The number of likely N-dealkylation sites (tertiary alicyclic amines) is 1. The molecule has 2 nitrogen and oxygen atoms in total. The van der Waals surface area contributed by atoms with Gasteiger partial charge in [-0.25, -0.2) is 0 Å². The monoisotopic (exact) mass is 218 g/mol. The van der Waals surface area contributed by atoms with Gasteiger partial charge in [0.1, 0.15) is 0 Å². The molecule has 1 aliphatic heterocycles. The predicted octanol–water partition coefficient (Wildman–Crippen LogP) is 3.01. The SMILES string of the molecule is CCC1CCN(Cc2cc(C)ccn2)CC1. The Morgan fingerprint density at radius 2 is 2.12 bits per heavy atom. The molecule has 0 amide bonds. The van der Waals surface area contributed by atoms with E-state index in [0.29, 0.717) is 0 Å². The van der Waals surface area contributed by atoms with Gasteiger partial charge in [-0.2, -0.15) is 0 Å². The van der Waals surface area contributed by atoms with Crippen molar-refractivity contribution < 1.29 is 0 Å². The first-order valence-electron chi connectivity index (χ1n) is 6.42. The number of aryl methyl sites for hydroxylation is 1. The lowest BCUT2D eigenvalue weighted by Gasteiger charge is -2.31. The first-order chi connectivity index (χ1) is 7.78. The van der Waals surface area contributed by atoms with Gasteiger partial charge in [0.05, 0.1) is 5.69 Å². The summed E-state index contributed by atoms with van der Waals surface area (Å²) in [5.41, 5.74) is 2.53. The summed E-state index contributed by atoms with van der Waals surface area (Å²) in [7, 11) is 0. The van der Waals surface area contributed by atoms with Crippen LogP contribution in [0.15, 0.2) is 18.3 Å². The fourth-order valence-corrected chi connectivity index (χ4v) is 2.47. The van der Waals surface area contributed by atoms with Gasteiger partial charge in [-0.3, -0.25) is 9.88 Å². The zero-order chi connectivity index (χ0) is 11.4. The average molecular weight is 218 g/mol. The molecule has 0 bridgehead atoms. The van der Waals surface area contributed by atoms with Gasteiger partial charge < -0.3 is 0 Å². The summed E-state index contributed by atoms with van der Waals surface area (Å²) >= 11 is 0. The van der Waals surface area contributed by atoms with E-state index in [1.54, 1.807) is 0 Å². The van der Waals surface area contributed by atoms with E-state index in [2.05, 4.69) is 35.9 Å². The molecule has 1 aromatic rings. The Morgan fingerprint density at radius 3 is 2.75 bits per heavy atom. The van der Waals surface area contributed by atoms with Gasteiger partial charge in [0, 0.05) is 12.7 Å². The molecule has 0 radical (unpaired) electrons. The Hall–Kier alpha value is -0.890. The second-order valence-corrected chi connectivity index (χ2v) is 4.95. The quantitative estimate of drug-likeness (QED) is 0.775. The van der Waals surface area contributed by atoms with E-state index < -0.39 is 0 Å². The maximum Gasteiger partial charge on any atom is 0.0546 e. The minimum absolute atomic E-state index is 0.960. The highest BCUT2D eigenvalue weighted by Gasteiger charge is 2.17. The van der Waals surface area contributed by atoms with Gasteiger partial charge in [0.2, 0.25) is 0 Å². The molecule has 88 valence electrons. The maximum absolute atomic E-state index is 4.43. The first kappa shape index (κ1) is 11.6. The molecule has 16 heavy (non-hydrogen) atoms. The summed E-state index contributed by atoms with van der Waals surface area (Å²) in [5.74, 6) is 0.960. The van der Waals surface area contributed by atoms with Crippen LogP contribution in [-0.4, -0.2) is 23.0 Å². The summed E-state index contributed by atoms with van der Waals surface area (Å²) in [6.07, 6.45) is 5.99. The van der Waals surface area contributed by atoms with Crippen molar-refractivity contribution in [2.24, 2.45) is 5.92 Å². The van der Waals surface area contributed by atoms with Crippen LogP contribution in [0, 0.1) is 12.8 Å². The third kappa shape index (κ3) is 3.05. The highest BCUT2D eigenvalue weighted by molar-refractivity contribution is 5.14. The molecule has 0 aromatic carbocycles. The highest BCUT2D eigenvalue weighted by atomic mass is 15.1. The molecule has 0 N–H and O–H groups in total. The molecule has 0 spiro atoms. The average Bonchev–Trinajstić information content (AvgIpc) is 2.30. The standard InChI is InChI=1S/C14H22N2/c1-3-13-5-8-16(9-6-13)11-14-10-12(2)4-7-15-14/h4,7,10,13H,3,5-6,8-9,11H2,1-2H3. The normalized spacial score (nSPS) is 18.9. The zero-order valence-electron chi connectivity index (χ0n) is 10.4. The van der Waals surface area contributed by atoms with Crippen molar-refractivity contribution in [2.45, 2.75) is 39.7 Å². The summed E-state index contributed by atoms with van der Waals surface area (Å²) in [6, 6.07) is 4.26. The summed E-state index contributed by atoms with van der Waals surface area (Å²) < 4.78 is 0. The lowest BCUT2D eigenvalue weighted by molar-refractivity contribution is 0.173. The Kier molecular flexibility index (Phi) is 3.94. The largest absolute Gasteiger partial charge is 0.297 e. The van der Waals surface area contributed by atoms with Crippen LogP contribution in [0.4, 0.5) is 0 Å². The minimum atomic E-state index is 0.960. The molecule has 0 unspecified atom stereocenters. The molecule has 1 aliphatic rings. The molecule has 0 aliphatic carbocycles. The van der Waals surface area contributed by atoms with Crippen LogP contribution in [0.2, 0.25) is 0 Å². The molecule has 2 rings (SSSR count). The van der Waals surface area contributed by atoms with Crippen LogP contribution in [0.5, 0.6) is 0 Å². The molecule has 1 fully saturated rings. The molecular formula is C14H22N2. The lowest BCUT2D eigenvalue weighted by Crippen LogP contribution is -2.33. The van der Waals surface area contributed by atoms with Gasteiger partial charge >= 0.3 is 0 Å². The topological polar surface area (TPSA) is 16.1 Å². The van der Waals surface area contributed by atoms with Crippen molar-refractivity contribution in [3.05, 3.63) is 29.6 Å². The maximum atomic E-state index is 4.43. The minimum Gasteiger partial charge on any atom is -0.297 e. The van der Waals surface area contributed by atoms with Crippen molar-refractivity contribution in [3.8, 4) is 0 Å². The summed E-state index contributed by atoms with van der Waals surface area (Å²) in [5, 5.41) is 0. The van der Waals surface area contributed by atoms with Gasteiger partial charge in [-0.15, -0.1) is 0 Å². The Labute approximate surface area is 98.7 Å². The van der Waals surface area contributed by atoms with E-state index in [0.717, 1.165) is 12.5 Å². The van der Waals surface area contributed by atoms with Crippen molar-refractivity contribution in [1.82, 2.24) is 9.88 Å². The molecule has 0 atom stereocenters. The lowest BCUT2D eigenvalue weighted by atomic mass is 9.94. The smallest absolute Gasteiger partial charge is 0.0546 e. The first-order valence-corrected chi connectivity index (χ1v) is 6.42. The highest BCUT2D eigenvalue weighted by Crippen LogP contribution is 2.20. The molecule has 1 saturated heterocycles. The van der Waals surface area contributed by atoms with E-state index in [9.17, 15) is 0 Å². The van der Waals surface area contributed by atoms with Crippen LogP contribution in [0.25, 0.3) is 0 Å². The van der Waals surface area contributed by atoms with Gasteiger partial charge in [0.15, 0.2) is 0 Å². The second kappa shape index (κ2) is 5.44. The number of hydrogen-bond acceptors (Lipinski definition) is 2. The number of hydrogen-bond donors (Lipinski definition) is 0. The molecule has 0 saturated carbocycles. The van der Waals surface area contributed by atoms with Crippen molar-refractivity contribution >= 4 is 0 Å².